The fourth-order valence-electron chi connectivity index (χ4n) is 3.16. The van der Waals surface area contributed by atoms with Crippen molar-refractivity contribution in [1.29, 1.82) is 0 Å². The third-order valence-electron chi connectivity index (χ3n) is 2.84. The van der Waals surface area contributed by atoms with Crippen LogP contribution in [0.4, 0.5) is 0 Å². The lowest BCUT2D eigenvalue weighted by Gasteiger charge is -2.29. The molecule has 0 radical (unpaired) electrons. The molecule has 0 amide bonds. The maximum Gasteiger partial charge on any atom is 0.0557 e. The van der Waals surface area contributed by atoms with E-state index in [2.05, 4.69) is 79.2 Å². The molecule has 0 saturated carbocycles. The molecule has 0 aliphatic rings. The zero-order valence-electron chi connectivity index (χ0n) is 15.5. The lowest BCUT2D eigenvalue weighted by atomic mass is 9.82. The summed E-state index contributed by atoms with van der Waals surface area (Å²) >= 11 is 0. The molecule has 0 N–H and O–H groups in total. The molecule has 0 bridgehead atoms. The van der Waals surface area contributed by atoms with Crippen LogP contribution in [-0.4, -0.2) is 23.5 Å². The molecule has 0 aromatic heterocycles. The van der Waals surface area contributed by atoms with Crippen LogP contribution in [-0.2, 0) is 0 Å². The van der Waals surface area contributed by atoms with Crippen LogP contribution in [0, 0.1) is 10.8 Å². The molecular formula is C18H36N2. The fraction of sp³-hybridized carbons (Fsp3) is 0.889. The van der Waals surface area contributed by atoms with Gasteiger partial charge in [0.25, 0.3) is 0 Å². The maximum atomic E-state index is 4.67. The summed E-state index contributed by atoms with van der Waals surface area (Å²) in [4.78, 5) is 9.33. The average molecular weight is 280 g/mol. The van der Waals surface area contributed by atoms with E-state index in [0.717, 1.165) is 12.8 Å². The van der Waals surface area contributed by atoms with Crippen LogP contribution in [0.25, 0.3) is 0 Å². The molecule has 0 aliphatic heterocycles. The highest BCUT2D eigenvalue weighted by Gasteiger charge is 2.25. The summed E-state index contributed by atoms with van der Waals surface area (Å²) in [6.45, 7) is 22.3. The van der Waals surface area contributed by atoms with Gasteiger partial charge in [0.1, 0.15) is 0 Å². The van der Waals surface area contributed by atoms with Crippen LogP contribution < -0.4 is 0 Å². The number of nitrogens with zero attached hydrogens (tertiary/aromatic N) is 2. The van der Waals surface area contributed by atoms with Crippen molar-refractivity contribution in [2.45, 2.75) is 93.2 Å². The van der Waals surface area contributed by atoms with Gasteiger partial charge in [-0.1, -0.05) is 41.5 Å². The molecule has 0 saturated heterocycles. The molecule has 0 atom stereocenters. The number of rotatable bonds is 5. The van der Waals surface area contributed by atoms with E-state index >= 15 is 0 Å². The molecule has 2 heteroatoms. The Balaban J connectivity index is 4.60. The van der Waals surface area contributed by atoms with Crippen LogP contribution in [0.15, 0.2) is 9.98 Å². The van der Waals surface area contributed by atoms with Gasteiger partial charge >= 0.3 is 0 Å². The van der Waals surface area contributed by atoms with E-state index in [1.807, 2.05) is 12.4 Å². The first-order valence-corrected chi connectivity index (χ1v) is 7.71. The van der Waals surface area contributed by atoms with Gasteiger partial charge in [0.2, 0.25) is 0 Å². The largest absolute Gasteiger partial charge is 0.286 e. The van der Waals surface area contributed by atoms with Crippen molar-refractivity contribution >= 4 is 12.4 Å². The fourth-order valence-corrected chi connectivity index (χ4v) is 3.16. The minimum absolute atomic E-state index is 0.0293. The van der Waals surface area contributed by atoms with E-state index in [0.29, 0.717) is 10.8 Å². The van der Waals surface area contributed by atoms with Gasteiger partial charge in [0, 0.05) is 12.4 Å². The first kappa shape index (κ1) is 19.3. The second-order valence-corrected chi connectivity index (χ2v) is 9.66. The highest BCUT2D eigenvalue weighted by atomic mass is 14.9. The summed E-state index contributed by atoms with van der Waals surface area (Å²) in [7, 11) is 0. The summed E-state index contributed by atoms with van der Waals surface area (Å²) in [5, 5.41) is 0. The van der Waals surface area contributed by atoms with Crippen molar-refractivity contribution in [3.63, 3.8) is 0 Å². The van der Waals surface area contributed by atoms with Gasteiger partial charge in [0.15, 0.2) is 0 Å². The molecule has 0 fully saturated rings. The Morgan fingerprint density at radius 1 is 0.550 bits per heavy atom. The summed E-state index contributed by atoms with van der Waals surface area (Å²) < 4.78 is 0. The lowest BCUT2D eigenvalue weighted by molar-refractivity contribution is 0.287. The lowest BCUT2D eigenvalue weighted by Crippen LogP contribution is -2.26. The quantitative estimate of drug-likeness (QED) is 0.589. The molecule has 20 heavy (non-hydrogen) atoms. The van der Waals surface area contributed by atoms with Crippen molar-refractivity contribution in [1.82, 2.24) is 0 Å². The minimum atomic E-state index is -0.0293. The summed E-state index contributed by atoms with van der Waals surface area (Å²) in [5.41, 5.74) is 0.532. The predicted octanol–water partition coefficient (Wildman–Crippen LogP) is 5.56. The third kappa shape index (κ3) is 11.2. The van der Waals surface area contributed by atoms with Crippen LogP contribution in [0.5, 0.6) is 0 Å². The van der Waals surface area contributed by atoms with Gasteiger partial charge in [-0.3, -0.25) is 9.98 Å². The van der Waals surface area contributed by atoms with E-state index in [1.54, 1.807) is 0 Å². The van der Waals surface area contributed by atoms with E-state index in [4.69, 9.17) is 0 Å². The van der Waals surface area contributed by atoms with Crippen molar-refractivity contribution in [3.8, 4) is 0 Å². The summed E-state index contributed by atoms with van der Waals surface area (Å²) in [6.07, 6.45) is 5.87. The maximum absolute atomic E-state index is 4.67. The topological polar surface area (TPSA) is 24.7 Å². The predicted molar refractivity (Wildman–Crippen MR) is 93.3 cm³/mol. The van der Waals surface area contributed by atoms with E-state index in [9.17, 15) is 0 Å². The van der Waals surface area contributed by atoms with E-state index < -0.39 is 0 Å². The van der Waals surface area contributed by atoms with E-state index in [1.165, 1.54) is 0 Å². The Hall–Kier alpha value is -0.660. The monoisotopic (exact) mass is 280 g/mol. The highest BCUT2D eigenvalue weighted by Crippen LogP contribution is 2.30. The second kappa shape index (κ2) is 6.41. The highest BCUT2D eigenvalue weighted by molar-refractivity contribution is 6.16. The van der Waals surface area contributed by atoms with Crippen molar-refractivity contribution in [2.24, 2.45) is 20.8 Å². The molecule has 2 nitrogen and oxygen atoms in total. The second-order valence-electron chi connectivity index (χ2n) is 9.66. The molecule has 118 valence electrons. The number of hydrogen-bond acceptors (Lipinski definition) is 2. The Morgan fingerprint density at radius 3 is 1.00 bits per heavy atom. The average Bonchev–Trinajstić information content (AvgIpc) is 2.04. The smallest absolute Gasteiger partial charge is 0.0557 e. The third-order valence-corrected chi connectivity index (χ3v) is 2.84. The van der Waals surface area contributed by atoms with Crippen molar-refractivity contribution in [3.05, 3.63) is 0 Å². The Bertz CT molecular complexity index is 311. The Labute approximate surface area is 127 Å². The molecule has 0 rings (SSSR count). The molecule has 0 aromatic carbocycles. The van der Waals surface area contributed by atoms with Gasteiger partial charge in [-0.15, -0.1) is 0 Å². The van der Waals surface area contributed by atoms with Gasteiger partial charge < -0.3 is 0 Å². The molecule has 0 spiro atoms. The zero-order chi connectivity index (χ0) is 16.2. The summed E-state index contributed by atoms with van der Waals surface area (Å²) in [5.74, 6) is 0. The molecule has 0 aliphatic carbocycles. The van der Waals surface area contributed by atoms with Crippen LogP contribution in [0.3, 0.4) is 0 Å². The van der Waals surface area contributed by atoms with Crippen LogP contribution >= 0.6 is 0 Å². The molecule has 0 unspecified atom stereocenters. The van der Waals surface area contributed by atoms with Gasteiger partial charge in [-0.25, -0.2) is 0 Å². The standard InChI is InChI=1S/C18H36N2/c1-15(2,3)13-17(7,8)19-11-12-20-18(9,10)14-16(4,5)6/h11-12H,13-14H2,1-10H3. The number of aliphatic imine (C=N–C) groups is 2. The zero-order valence-corrected chi connectivity index (χ0v) is 15.5. The Kier molecular flexibility index (Phi) is 6.19. The molecule has 0 aromatic rings. The van der Waals surface area contributed by atoms with Crippen molar-refractivity contribution in [2.75, 3.05) is 0 Å². The van der Waals surface area contributed by atoms with E-state index in [-0.39, 0.29) is 11.1 Å². The number of hydrogen-bond donors (Lipinski definition) is 0. The van der Waals surface area contributed by atoms with Crippen molar-refractivity contribution < 1.29 is 0 Å². The van der Waals surface area contributed by atoms with Gasteiger partial charge in [0.05, 0.1) is 11.1 Å². The molecule has 0 heterocycles. The first-order valence-electron chi connectivity index (χ1n) is 7.71. The molecular weight excluding hydrogens is 244 g/mol. The van der Waals surface area contributed by atoms with Gasteiger partial charge in [-0.05, 0) is 51.4 Å². The van der Waals surface area contributed by atoms with Crippen LogP contribution in [0.1, 0.15) is 82.1 Å². The van der Waals surface area contributed by atoms with Gasteiger partial charge in [-0.2, -0.15) is 0 Å². The normalized spacial score (nSPS) is 15.5. The Morgan fingerprint density at radius 2 is 0.800 bits per heavy atom. The van der Waals surface area contributed by atoms with Crippen LogP contribution in [0.2, 0.25) is 0 Å². The first-order chi connectivity index (χ1) is 8.62. The minimum Gasteiger partial charge on any atom is -0.286 e. The summed E-state index contributed by atoms with van der Waals surface area (Å²) in [6, 6.07) is 0. The SMILES string of the molecule is CC(C)(C)CC(C)(C)N=CC=NC(C)(C)CC(C)(C)C.